The Morgan fingerprint density at radius 2 is 1.88 bits per heavy atom. The second-order valence-electron chi connectivity index (χ2n) is 5.41. The fourth-order valence-corrected chi connectivity index (χ4v) is 2.54. The molecular weight excluding hydrogens is 336 g/mol. The predicted octanol–water partition coefficient (Wildman–Crippen LogP) is 4.83. The second kappa shape index (κ2) is 8.31. The Kier molecular flexibility index (Phi) is 5.65. The lowest BCUT2D eigenvalue weighted by molar-refractivity contribution is 0.141. The number of fused-ring (bicyclic) bond motifs is 1. The number of rotatable bonds is 5. The highest BCUT2D eigenvalue weighted by Gasteiger charge is 2.03. The maximum Gasteiger partial charge on any atom is 0.407 e. The van der Waals surface area contributed by atoms with E-state index in [1.54, 1.807) is 6.08 Å². The summed E-state index contributed by atoms with van der Waals surface area (Å²) in [6.07, 6.45) is 3.18. The minimum Gasteiger partial charge on any atom is -0.445 e. The smallest absolute Gasteiger partial charge is 0.407 e. The van der Waals surface area contributed by atoms with Crippen LogP contribution in [-0.2, 0) is 11.3 Å². The molecule has 1 N–H and O–H groups in total. The molecule has 5 heteroatoms. The number of aromatic nitrogens is 1. The first kappa shape index (κ1) is 17.0. The Labute approximate surface area is 151 Å². The van der Waals surface area contributed by atoms with Crippen LogP contribution < -0.4 is 5.32 Å². The molecule has 0 saturated carbocycles. The van der Waals surface area contributed by atoms with E-state index in [2.05, 4.69) is 10.3 Å². The van der Waals surface area contributed by atoms with Crippen LogP contribution in [0.5, 0.6) is 0 Å². The third-order valence-electron chi connectivity index (χ3n) is 3.58. The van der Waals surface area contributed by atoms with Gasteiger partial charge in [0.25, 0.3) is 0 Å². The summed E-state index contributed by atoms with van der Waals surface area (Å²) in [6.45, 7) is 0.591. The van der Waals surface area contributed by atoms with Crippen LogP contribution >= 0.6 is 11.6 Å². The molecule has 0 radical (unpaired) electrons. The van der Waals surface area contributed by atoms with Crippen molar-refractivity contribution in [3.8, 4) is 0 Å². The largest absolute Gasteiger partial charge is 0.445 e. The van der Waals surface area contributed by atoms with Gasteiger partial charge >= 0.3 is 6.09 Å². The van der Waals surface area contributed by atoms with Gasteiger partial charge in [0.15, 0.2) is 0 Å². The number of ether oxygens (including phenoxy) is 1. The Morgan fingerprint density at radius 1 is 1.12 bits per heavy atom. The van der Waals surface area contributed by atoms with Crippen LogP contribution in [0, 0.1) is 0 Å². The van der Waals surface area contributed by atoms with Crippen LogP contribution in [0.4, 0.5) is 4.79 Å². The van der Waals surface area contributed by atoms with Crippen LogP contribution in [0.25, 0.3) is 17.0 Å². The van der Waals surface area contributed by atoms with Crippen LogP contribution in [0.2, 0.25) is 5.15 Å². The van der Waals surface area contributed by atoms with Crippen molar-refractivity contribution in [2.75, 3.05) is 6.54 Å². The molecule has 4 nitrogen and oxygen atoms in total. The number of nitrogens with one attached hydrogen (secondary N) is 1. The molecule has 0 unspecified atom stereocenters. The fourth-order valence-electron chi connectivity index (χ4n) is 2.33. The van der Waals surface area contributed by atoms with Gasteiger partial charge in [-0.05, 0) is 17.7 Å². The number of benzene rings is 2. The topological polar surface area (TPSA) is 51.2 Å². The third kappa shape index (κ3) is 4.81. The lowest BCUT2D eigenvalue weighted by Gasteiger charge is -2.05. The first-order valence-corrected chi connectivity index (χ1v) is 8.26. The lowest BCUT2D eigenvalue weighted by atomic mass is 10.1. The van der Waals surface area contributed by atoms with Gasteiger partial charge in [-0.15, -0.1) is 0 Å². The molecule has 0 bridgehead atoms. The monoisotopic (exact) mass is 352 g/mol. The number of halogens is 1. The van der Waals surface area contributed by atoms with Crippen LogP contribution in [0.1, 0.15) is 11.1 Å². The highest BCUT2D eigenvalue weighted by atomic mass is 35.5. The molecule has 126 valence electrons. The Morgan fingerprint density at radius 3 is 2.72 bits per heavy atom. The summed E-state index contributed by atoms with van der Waals surface area (Å²) in [5.74, 6) is 0. The molecule has 1 aromatic heterocycles. The predicted molar refractivity (Wildman–Crippen MR) is 100 cm³/mol. The molecule has 0 spiro atoms. The third-order valence-corrected chi connectivity index (χ3v) is 3.88. The van der Waals surface area contributed by atoms with E-state index < -0.39 is 6.09 Å². The standard InChI is InChI=1S/C20H17ClN2O2/c21-19-17(13-16-9-4-5-11-18(16)23-19)10-6-12-22-20(24)25-14-15-7-2-1-3-8-15/h1-11,13H,12,14H2,(H,22,24). The molecule has 1 amide bonds. The van der Waals surface area contributed by atoms with Crippen molar-refractivity contribution in [2.45, 2.75) is 6.61 Å². The van der Waals surface area contributed by atoms with Crippen molar-refractivity contribution in [3.05, 3.63) is 83.0 Å². The van der Waals surface area contributed by atoms with Gasteiger partial charge in [0.1, 0.15) is 11.8 Å². The zero-order valence-corrected chi connectivity index (χ0v) is 14.2. The van der Waals surface area contributed by atoms with Gasteiger partial charge in [0.05, 0.1) is 5.52 Å². The SMILES string of the molecule is O=C(NCC=Cc1cc2ccccc2nc1Cl)OCc1ccccc1. The average molecular weight is 353 g/mol. The van der Waals surface area contributed by atoms with Gasteiger partial charge < -0.3 is 10.1 Å². The summed E-state index contributed by atoms with van der Waals surface area (Å²) in [7, 11) is 0. The second-order valence-corrected chi connectivity index (χ2v) is 5.76. The number of hydrogen-bond donors (Lipinski definition) is 1. The highest BCUT2D eigenvalue weighted by Crippen LogP contribution is 2.21. The molecule has 3 aromatic rings. The quantitative estimate of drug-likeness (QED) is 0.669. The molecule has 1 heterocycles. The van der Waals surface area contributed by atoms with E-state index in [1.165, 1.54) is 0 Å². The molecular formula is C20H17ClN2O2. The van der Waals surface area contributed by atoms with Gasteiger partial charge in [0, 0.05) is 17.5 Å². The molecule has 25 heavy (non-hydrogen) atoms. The fraction of sp³-hybridized carbons (Fsp3) is 0.100. The van der Waals surface area contributed by atoms with E-state index in [0.29, 0.717) is 11.7 Å². The number of hydrogen-bond acceptors (Lipinski definition) is 3. The first-order valence-electron chi connectivity index (χ1n) is 7.89. The zero-order chi connectivity index (χ0) is 17.5. The van der Waals surface area contributed by atoms with Crippen molar-refractivity contribution in [1.82, 2.24) is 10.3 Å². The average Bonchev–Trinajstić information content (AvgIpc) is 2.64. The number of carbonyl (C=O) groups excluding carboxylic acids is 1. The summed E-state index contributed by atoms with van der Waals surface area (Å²) in [4.78, 5) is 16.0. The van der Waals surface area contributed by atoms with Crippen LogP contribution in [-0.4, -0.2) is 17.6 Å². The Balaban J connectivity index is 1.51. The number of amides is 1. The van der Waals surface area contributed by atoms with Crippen molar-refractivity contribution >= 4 is 34.7 Å². The molecule has 2 aromatic carbocycles. The summed E-state index contributed by atoms with van der Waals surface area (Å²) in [5.41, 5.74) is 2.61. The van der Waals surface area contributed by atoms with Crippen molar-refractivity contribution in [2.24, 2.45) is 0 Å². The van der Waals surface area contributed by atoms with Crippen molar-refractivity contribution in [1.29, 1.82) is 0 Å². The first-order chi connectivity index (χ1) is 12.2. The Hall–Kier alpha value is -2.85. The number of pyridine rings is 1. The zero-order valence-electron chi connectivity index (χ0n) is 13.5. The van der Waals surface area contributed by atoms with E-state index in [0.717, 1.165) is 22.0 Å². The summed E-state index contributed by atoms with van der Waals surface area (Å²) in [5, 5.41) is 4.12. The molecule has 0 aliphatic rings. The van der Waals surface area contributed by atoms with Gasteiger partial charge in [-0.3, -0.25) is 0 Å². The molecule has 0 saturated heterocycles. The lowest BCUT2D eigenvalue weighted by Crippen LogP contribution is -2.24. The van der Waals surface area contributed by atoms with E-state index in [9.17, 15) is 4.79 Å². The van der Waals surface area contributed by atoms with E-state index >= 15 is 0 Å². The van der Waals surface area contributed by atoms with Gasteiger partial charge in [-0.1, -0.05) is 72.3 Å². The van der Waals surface area contributed by atoms with Crippen molar-refractivity contribution < 1.29 is 9.53 Å². The number of alkyl carbamates (subject to hydrolysis) is 1. The number of carbonyl (C=O) groups is 1. The maximum absolute atomic E-state index is 11.7. The molecule has 0 fully saturated rings. The maximum atomic E-state index is 11.7. The molecule has 3 rings (SSSR count). The molecule has 0 atom stereocenters. The minimum absolute atomic E-state index is 0.247. The molecule has 0 aliphatic carbocycles. The van der Waals surface area contributed by atoms with Gasteiger partial charge in [-0.2, -0.15) is 0 Å². The molecule has 0 aliphatic heterocycles. The number of para-hydroxylation sites is 1. The van der Waals surface area contributed by atoms with Crippen LogP contribution in [0.15, 0.2) is 66.7 Å². The van der Waals surface area contributed by atoms with E-state index in [1.807, 2.05) is 66.7 Å². The van der Waals surface area contributed by atoms with Crippen molar-refractivity contribution in [3.63, 3.8) is 0 Å². The highest BCUT2D eigenvalue weighted by molar-refractivity contribution is 6.31. The van der Waals surface area contributed by atoms with Gasteiger partial charge in [-0.25, -0.2) is 9.78 Å². The van der Waals surface area contributed by atoms with E-state index in [4.69, 9.17) is 16.3 Å². The minimum atomic E-state index is -0.462. The van der Waals surface area contributed by atoms with Crippen LogP contribution in [0.3, 0.4) is 0 Å². The summed E-state index contributed by atoms with van der Waals surface area (Å²) < 4.78 is 5.14. The summed E-state index contributed by atoms with van der Waals surface area (Å²) in [6, 6.07) is 19.3. The normalized spacial score (nSPS) is 10.9. The van der Waals surface area contributed by atoms with E-state index in [-0.39, 0.29) is 6.61 Å². The Bertz CT molecular complexity index is 895. The summed E-state index contributed by atoms with van der Waals surface area (Å²) >= 11 is 6.19. The van der Waals surface area contributed by atoms with Gasteiger partial charge in [0.2, 0.25) is 0 Å². The number of nitrogens with zero attached hydrogens (tertiary/aromatic N) is 1.